The zero-order valence-corrected chi connectivity index (χ0v) is 10.2. The Balaban J connectivity index is 2.56. The van der Waals surface area contributed by atoms with Crippen LogP contribution in [0.4, 0.5) is 0 Å². The van der Waals surface area contributed by atoms with Crippen molar-refractivity contribution < 1.29 is 0 Å². The van der Waals surface area contributed by atoms with Gasteiger partial charge in [0.2, 0.25) is 0 Å². The van der Waals surface area contributed by atoms with Crippen molar-refractivity contribution in [3.63, 3.8) is 0 Å². The molecule has 0 aliphatic rings. The molecule has 0 bridgehead atoms. The monoisotopic (exact) mass is 268 g/mol. The molecular formula is C11H13BrN2O. The predicted molar refractivity (Wildman–Crippen MR) is 65.2 cm³/mol. The average molecular weight is 269 g/mol. The zero-order valence-electron chi connectivity index (χ0n) is 8.59. The molecule has 0 fully saturated rings. The molecule has 0 atom stereocenters. The van der Waals surface area contributed by atoms with E-state index in [1.165, 1.54) is 0 Å². The van der Waals surface area contributed by atoms with Gasteiger partial charge < -0.3 is 9.55 Å². The Morgan fingerprint density at radius 2 is 2.33 bits per heavy atom. The summed E-state index contributed by atoms with van der Waals surface area (Å²) in [6.45, 7) is 2.90. The quantitative estimate of drug-likeness (QED) is 0.914. The molecule has 0 aliphatic heterocycles. The molecule has 0 amide bonds. The highest BCUT2D eigenvalue weighted by Crippen LogP contribution is 2.19. The minimum Gasteiger partial charge on any atom is -0.357 e. The number of halogens is 1. The third-order valence-electron chi connectivity index (χ3n) is 2.50. The number of hydrogen-bond donors (Lipinski definition) is 1. The summed E-state index contributed by atoms with van der Waals surface area (Å²) in [5.41, 5.74) is 0.743. The lowest BCUT2D eigenvalue weighted by atomic mass is 10.3. The van der Waals surface area contributed by atoms with Gasteiger partial charge in [-0.2, -0.15) is 0 Å². The number of nitrogens with one attached hydrogen (secondary N) is 1. The maximum absolute atomic E-state index is 12.0. The highest BCUT2D eigenvalue weighted by molar-refractivity contribution is 9.10. The first kappa shape index (κ1) is 10.5. The predicted octanol–water partition coefficient (Wildman–Crippen LogP) is 2.89. The highest BCUT2D eigenvalue weighted by atomic mass is 79.9. The summed E-state index contributed by atoms with van der Waals surface area (Å²) in [4.78, 5) is 14.9. The Kier molecular flexibility index (Phi) is 2.95. The number of nitrogens with zero attached hydrogens (tertiary/aromatic N) is 1. The topological polar surface area (TPSA) is 37.8 Å². The number of H-pyrrole nitrogens is 1. The molecule has 0 unspecified atom stereocenters. The molecule has 0 spiro atoms. The number of aryl methyl sites for hydroxylation is 1. The van der Waals surface area contributed by atoms with E-state index in [1.54, 1.807) is 10.8 Å². The first-order chi connectivity index (χ1) is 7.24. The van der Waals surface area contributed by atoms with Crippen LogP contribution in [0.15, 0.2) is 27.7 Å². The van der Waals surface area contributed by atoms with E-state index in [9.17, 15) is 4.79 Å². The van der Waals surface area contributed by atoms with Gasteiger partial charge in [-0.3, -0.25) is 4.79 Å². The fraction of sp³-hybridized carbons (Fsp3) is 0.364. The standard InChI is InChI=1S/C11H13BrN2O/c1-2-3-6-14-7-9(12)8-4-5-13-10(8)11(14)15/h4-5,7,13H,2-3,6H2,1H3. The second kappa shape index (κ2) is 4.23. The number of aromatic nitrogens is 2. The molecule has 0 saturated carbocycles. The summed E-state index contributed by atoms with van der Waals surface area (Å²) in [6, 6.07) is 1.91. The molecule has 4 heteroatoms. The average Bonchev–Trinajstić information content (AvgIpc) is 2.70. The van der Waals surface area contributed by atoms with Crippen LogP contribution < -0.4 is 5.56 Å². The zero-order chi connectivity index (χ0) is 10.8. The number of aromatic amines is 1. The number of fused-ring (bicyclic) bond motifs is 1. The van der Waals surface area contributed by atoms with Crippen LogP contribution in [0.5, 0.6) is 0 Å². The summed E-state index contributed by atoms with van der Waals surface area (Å²) < 4.78 is 2.72. The van der Waals surface area contributed by atoms with Crippen molar-refractivity contribution in [3.8, 4) is 0 Å². The second-order valence-electron chi connectivity index (χ2n) is 3.60. The largest absolute Gasteiger partial charge is 0.357 e. The van der Waals surface area contributed by atoms with Crippen LogP contribution in [-0.4, -0.2) is 9.55 Å². The van der Waals surface area contributed by atoms with Crippen molar-refractivity contribution in [2.45, 2.75) is 26.3 Å². The van der Waals surface area contributed by atoms with Gasteiger partial charge in [-0.15, -0.1) is 0 Å². The molecule has 15 heavy (non-hydrogen) atoms. The van der Waals surface area contributed by atoms with Crippen LogP contribution in [-0.2, 0) is 6.54 Å². The minimum absolute atomic E-state index is 0.0617. The third-order valence-corrected chi connectivity index (χ3v) is 3.13. The number of pyridine rings is 1. The summed E-state index contributed by atoms with van der Waals surface area (Å²) in [6.07, 6.45) is 5.78. The fourth-order valence-corrected chi connectivity index (χ4v) is 2.23. The number of unbranched alkanes of at least 4 members (excludes halogenated alkanes) is 1. The molecule has 0 saturated heterocycles. The summed E-state index contributed by atoms with van der Waals surface area (Å²) in [5.74, 6) is 0. The molecule has 2 heterocycles. The van der Waals surface area contributed by atoms with Crippen molar-refractivity contribution in [2.75, 3.05) is 0 Å². The molecular weight excluding hydrogens is 256 g/mol. The van der Waals surface area contributed by atoms with Gasteiger partial charge in [-0.05, 0) is 28.4 Å². The van der Waals surface area contributed by atoms with E-state index >= 15 is 0 Å². The lowest BCUT2D eigenvalue weighted by Crippen LogP contribution is -2.19. The number of rotatable bonds is 3. The first-order valence-corrected chi connectivity index (χ1v) is 5.89. The van der Waals surface area contributed by atoms with E-state index in [1.807, 2.05) is 12.3 Å². The minimum atomic E-state index is 0.0617. The Morgan fingerprint density at radius 3 is 3.07 bits per heavy atom. The van der Waals surface area contributed by atoms with E-state index in [2.05, 4.69) is 27.8 Å². The maximum atomic E-state index is 12.0. The normalized spacial score (nSPS) is 11.1. The molecule has 80 valence electrons. The van der Waals surface area contributed by atoms with Crippen molar-refractivity contribution in [3.05, 3.63) is 33.3 Å². The summed E-state index contributed by atoms with van der Waals surface area (Å²) in [5, 5.41) is 0.952. The highest BCUT2D eigenvalue weighted by Gasteiger charge is 2.07. The van der Waals surface area contributed by atoms with Crippen molar-refractivity contribution in [2.24, 2.45) is 0 Å². The van der Waals surface area contributed by atoms with Crippen LogP contribution in [0.1, 0.15) is 19.8 Å². The lowest BCUT2D eigenvalue weighted by Gasteiger charge is -2.05. The Morgan fingerprint density at radius 1 is 1.53 bits per heavy atom. The van der Waals surface area contributed by atoms with Gasteiger partial charge in [0.1, 0.15) is 5.52 Å². The van der Waals surface area contributed by atoms with Gasteiger partial charge in [-0.25, -0.2) is 0 Å². The van der Waals surface area contributed by atoms with Gasteiger partial charge >= 0.3 is 0 Å². The van der Waals surface area contributed by atoms with Crippen LogP contribution in [0.3, 0.4) is 0 Å². The SMILES string of the molecule is CCCCn1cc(Br)c2cc[nH]c2c1=O. The smallest absolute Gasteiger partial charge is 0.274 e. The Bertz CT molecular complexity index is 527. The van der Waals surface area contributed by atoms with E-state index in [-0.39, 0.29) is 5.56 Å². The summed E-state index contributed by atoms with van der Waals surface area (Å²) in [7, 11) is 0. The van der Waals surface area contributed by atoms with Gasteiger partial charge in [0.05, 0.1) is 0 Å². The van der Waals surface area contributed by atoms with Crippen LogP contribution in [0, 0.1) is 0 Å². The van der Waals surface area contributed by atoms with Crippen molar-refractivity contribution in [1.82, 2.24) is 9.55 Å². The van der Waals surface area contributed by atoms with Gasteiger partial charge in [0.15, 0.2) is 0 Å². The molecule has 0 aliphatic carbocycles. The molecule has 3 nitrogen and oxygen atoms in total. The van der Waals surface area contributed by atoms with Crippen LogP contribution in [0.25, 0.3) is 10.9 Å². The molecule has 2 aromatic rings. The van der Waals surface area contributed by atoms with Crippen molar-refractivity contribution in [1.29, 1.82) is 0 Å². The second-order valence-corrected chi connectivity index (χ2v) is 4.45. The van der Waals surface area contributed by atoms with Crippen molar-refractivity contribution >= 4 is 26.8 Å². The third kappa shape index (κ3) is 1.86. The van der Waals surface area contributed by atoms with Crippen LogP contribution >= 0.6 is 15.9 Å². The lowest BCUT2D eigenvalue weighted by molar-refractivity contribution is 0.615. The van der Waals surface area contributed by atoms with Crippen LogP contribution in [0.2, 0.25) is 0 Å². The van der Waals surface area contributed by atoms with E-state index in [4.69, 9.17) is 0 Å². The molecule has 0 aromatic carbocycles. The van der Waals surface area contributed by atoms with E-state index in [0.29, 0.717) is 5.52 Å². The van der Waals surface area contributed by atoms with Gasteiger partial charge in [0.25, 0.3) is 5.56 Å². The molecule has 1 N–H and O–H groups in total. The maximum Gasteiger partial charge on any atom is 0.274 e. The number of hydrogen-bond acceptors (Lipinski definition) is 1. The van der Waals surface area contributed by atoms with Gasteiger partial charge in [0, 0.05) is 28.8 Å². The van der Waals surface area contributed by atoms with E-state index in [0.717, 1.165) is 29.2 Å². The Hall–Kier alpha value is -1.03. The molecule has 2 aromatic heterocycles. The van der Waals surface area contributed by atoms with Gasteiger partial charge in [-0.1, -0.05) is 13.3 Å². The molecule has 2 rings (SSSR count). The Labute approximate surface area is 96.2 Å². The fourth-order valence-electron chi connectivity index (χ4n) is 1.65. The molecule has 0 radical (unpaired) electrons. The summed E-state index contributed by atoms with van der Waals surface area (Å²) >= 11 is 3.47. The first-order valence-electron chi connectivity index (χ1n) is 5.10. The van der Waals surface area contributed by atoms with E-state index < -0.39 is 0 Å².